The highest BCUT2D eigenvalue weighted by Gasteiger charge is 2.34. The van der Waals surface area contributed by atoms with Crippen LogP contribution in [-0.2, 0) is 16.0 Å². The largest absolute Gasteiger partial charge is 0.490 e. The van der Waals surface area contributed by atoms with E-state index >= 15 is 0 Å². The zero-order valence-corrected chi connectivity index (χ0v) is 15.8. The van der Waals surface area contributed by atoms with Crippen molar-refractivity contribution in [3.63, 3.8) is 0 Å². The minimum atomic E-state index is -0.399. The molecule has 2 amide bonds. The molecule has 1 unspecified atom stereocenters. The van der Waals surface area contributed by atoms with Gasteiger partial charge in [-0.3, -0.25) is 9.59 Å². The lowest BCUT2D eigenvalue weighted by molar-refractivity contribution is -0.128. The molecule has 1 atom stereocenters. The summed E-state index contributed by atoms with van der Waals surface area (Å²) in [7, 11) is 0. The summed E-state index contributed by atoms with van der Waals surface area (Å²) in [4.78, 5) is 34.5. The molecule has 1 N–H and O–H groups in total. The lowest BCUT2D eigenvalue weighted by Gasteiger charge is -2.17. The predicted octanol–water partition coefficient (Wildman–Crippen LogP) is 2.56. The van der Waals surface area contributed by atoms with Crippen LogP contribution in [-0.4, -0.2) is 46.4 Å². The number of aryl methyl sites for hydroxylation is 1. The smallest absolute Gasteiger partial charge is 0.229 e. The molecular formula is C19H21ClN4O3. The number of rotatable bonds is 7. The summed E-state index contributed by atoms with van der Waals surface area (Å²) in [6.45, 7) is 3.05. The molecule has 1 fully saturated rings. The number of ether oxygens (including phenoxy) is 1. The Morgan fingerprint density at radius 2 is 2.07 bits per heavy atom. The highest BCUT2D eigenvalue weighted by atomic mass is 35.5. The number of nitrogens with zero attached hydrogens (tertiary/aromatic N) is 3. The number of carbonyl (C=O) groups is 2. The van der Waals surface area contributed by atoms with Crippen LogP contribution in [0.3, 0.4) is 0 Å². The molecule has 1 aromatic heterocycles. The third-order valence-corrected chi connectivity index (χ3v) is 4.64. The number of benzene rings is 1. The second-order valence-corrected chi connectivity index (χ2v) is 6.66. The van der Waals surface area contributed by atoms with Gasteiger partial charge < -0.3 is 15.0 Å². The van der Waals surface area contributed by atoms with Gasteiger partial charge in [0, 0.05) is 19.4 Å². The molecule has 27 heavy (non-hydrogen) atoms. The van der Waals surface area contributed by atoms with Gasteiger partial charge in [-0.15, -0.1) is 0 Å². The summed E-state index contributed by atoms with van der Waals surface area (Å²) in [6, 6.07) is 7.17. The Hall–Kier alpha value is -2.67. The van der Waals surface area contributed by atoms with E-state index in [0.29, 0.717) is 42.0 Å². The van der Waals surface area contributed by atoms with E-state index in [1.165, 1.54) is 0 Å². The molecule has 0 spiro atoms. The van der Waals surface area contributed by atoms with Gasteiger partial charge in [-0.1, -0.05) is 30.7 Å². The minimum Gasteiger partial charge on any atom is -0.490 e. The fourth-order valence-electron chi connectivity index (χ4n) is 2.84. The number of hydrogen-bond acceptors (Lipinski definition) is 5. The van der Waals surface area contributed by atoms with E-state index in [1.54, 1.807) is 29.4 Å². The monoisotopic (exact) mass is 388 g/mol. The first kappa shape index (κ1) is 19.1. The normalized spacial score (nSPS) is 16.4. The standard InChI is InChI=1S/C19H21ClN4O3/c1-2-17-21-10-14(11-22-17)23-19(26)13-9-18(25)24(12-13)7-8-27-16-6-4-3-5-15(16)20/h3-6,10-11,13H,2,7-9,12H2,1H3,(H,23,26). The Bertz CT molecular complexity index is 813. The zero-order chi connectivity index (χ0) is 19.2. The molecule has 1 aliphatic rings. The molecule has 8 heteroatoms. The predicted molar refractivity (Wildman–Crippen MR) is 102 cm³/mol. The second-order valence-electron chi connectivity index (χ2n) is 6.25. The van der Waals surface area contributed by atoms with Gasteiger partial charge in [-0.25, -0.2) is 9.97 Å². The van der Waals surface area contributed by atoms with Crippen molar-refractivity contribution in [2.75, 3.05) is 25.0 Å². The summed E-state index contributed by atoms with van der Waals surface area (Å²) in [5.74, 6) is 0.634. The van der Waals surface area contributed by atoms with Crippen LogP contribution in [0.1, 0.15) is 19.2 Å². The Morgan fingerprint density at radius 1 is 1.33 bits per heavy atom. The van der Waals surface area contributed by atoms with E-state index < -0.39 is 5.92 Å². The van der Waals surface area contributed by atoms with Crippen LogP contribution in [0, 0.1) is 5.92 Å². The zero-order valence-electron chi connectivity index (χ0n) is 15.0. The van der Waals surface area contributed by atoms with Gasteiger partial charge in [0.25, 0.3) is 0 Å². The molecule has 3 rings (SSSR count). The van der Waals surface area contributed by atoms with Crippen molar-refractivity contribution in [2.24, 2.45) is 5.92 Å². The number of amides is 2. The van der Waals surface area contributed by atoms with E-state index in [2.05, 4.69) is 15.3 Å². The van der Waals surface area contributed by atoms with E-state index in [9.17, 15) is 9.59 Å². The number of likely N-dealkylation sites (tertiary alicyclic amines) is 1. The maximum atomic E-state index is 12.4. The van der Waals surface area contributed by atoms with Crippen LogP contribution in [0.15, 0.2) is 36.7 Å². The first-order valence-corrected chi connectivity index (χ1v) is 9.21. The van der Waals surface area contributed by atoms with Crippen molar-refractivity contribution in [1.29, 1.82) is 0 Å². The minimum absolute atomic E-state index is 0.0597. The number of carbonyl (C=O) groups excluding carboxylic acids is 2. The Labute approximate surface area is 162 Å². The summed E-state index contributed by atoms with van der Waals surface area (Å²) >= 11 is 6.04. The van der Waals surface area contributed by atoms with Crippen molar-refractivity contribution >= 4 is 29.1 Å². The number of halogens is 1. The third-order valence-electron chi connectivity index (χ3n) is 4.33. The quantitative estimate of drug-likeness (QED) is 0.788. The van der Waals surface area contributed by atoms with Crippen molar-refractivity contribution in [3.05, 3.63) is 47.5 Å². The summed E-state index contributed by atoms with van der Waals surface area (Å²) in [5, 5.41) is 3.30. The van der Waals surface area contributed by atoms with Crippen molar-refractivity contribution in [3.8, 4) is 5.75 Å². The number of nitrogens with one attached hydrogen (secondary N) is 1. The van der Waals surface area contributed by atoms with Crippen molar-refractivity contribution < 1.29 is 14.3 Å². The molecule has 0 radical (unpaired) electrons. The third kappa shape index (κ3) is 4.95. The van der Waals surface area contributed by atoms with Crippen LogP contribution in [0.5, 0.6) is 5.75 Å². The van der Waals surface area contributed by atoms with E-state index in [4.69, 9.17) is 16.3 Å². The first-order chi connectivity index (χ1) is 13.1. The molecule has 0 aliphatic carbocycles. The van der Waals surface area contributed by atoms with Gasteiger partial charge in [-0.05, 0) is 12.1 Å². The van der Waals surface area contributed by atoms with Gasteiger partial charge in [0.15, 0.2) is 0 Å². The maximum Gasteiger partial charge on any atom is 0.229 e. The fourth-order valence-corrected chi connectivity index (χ4v) is 3.03. The van der Waals surface area contributed by atoms with Crippen LogP contribution in [0.4, 0.5) is 5.69 Å². The molecular weight excluding hydrogens is 368 g/mol. The average Bonchev–Trinajstić information content (AvgIpc) is 3.05. The first-order valence-electron chi connectivity index (χ1n) is 8.83. The van der Waals surface area contributed by atoms with Gasteiger partial charge >= 0.3 is 0 Å². The molecule has 1 aliphatic heterocycles. The number of aromatic nitrogens is 2. The van der Waals surface area contributed by atoms with E-state index in [-0.39, 0.29) is 18.2 Å². The Kier molecular flexibility index (Phi) is 6.24. The van der Waals surface area contributed by atoms with Crippen molar-refractivity contribution in [1.82, 2.24) is 14.9 Å². The molecule has 0 saturated carbocycles. The highest BCUT2D eigenvalue weighted by Crippen LogP contribution is 2.24. The fraction of sp³-hybridized carbons (Fsp3) is 0.368. The average molecular weight is 389 g/mol. The number of anilines is 1. The molecule has 1 aromatic carbocycles. The lowest BCUT2D eigenvalue weighted by atomic mass is 10.1. The molecule has 0 bridgehead atoms. The summed E-state index contributed by atoms with van der Waals surface area (Å²) < 4.78 is 5.62. The van der Waals surface area contributed by atoms with Crippen LogP contribution in [0.2, 0.25) is 5.02 Å². The van der Waals surface area contributed by atoms with Gasteiger partial charge in [0.2, 0.25) is 11.8 Å². The number of hydrogen-bond donors (Lipinski definition) is 1. The van der Waals surface area contributed by atoms with Gasteiger partial charge in [0.1, 0.15) is 18.2 Å². The molecule has 1 saturated heterocycles. The lowest BCUT2D eigenvalue weighted by Crippen LogP contribution is -2.31. The summed E-state index contributed by atoms with van der Waals surface area (Å²) in [6.07, 6.45) is 4.08. The molecule has 142 valence electrons. The van der Waals surface area contributed by atoms with E-state index in [1.807, 2.05) is 19.1 Å². The highest BCUT2D eigenvalue weighted by molar-refractivity contribution is 6.32. The van der Waals surface area contributed by atoms with Gasteiger partial charge in [-0.2, -0.15) is 0 Å². The Morgan fingerprint density at radius 3 is 2.78 bits per heavy atom. The second kappa shape index (κ2) is 8.81. The maximum absolute atomic E-state index is 12.4. The van der Waals surface area contributed by atoms with Crippen molar-refractivity contribution in [2.45, 2.75) is 19.8 Å². The SMILES string of the molecule is CCc1ncc(NC(=O)C2CC(=O)N(CCOc3ccccc3Cl)C2)cn1. The molecule has 2 aromatic rings. The summed E-state index contributed by atoms with van der Waals surface area (Å²) in [5.41, 5.74) is 0.533. The Balaban J connectivity index is 1.48. The van der Waals surface area contributed by atoms with Crippen LogP contribution >= 0.6 is 11.6 Å². The molecule has 2 heterocycles. The van der Waals surface area contributed by atoms with Crippen LogP contribution in [0.25, 0.3) is 0 Å². The molecule has 7 nitrogen and oxygen atoms in total. The van der Waals surface area contributed by atoms with E-state index in [0.717, 1.165) is 6.42 Å². The topological polar surface area (TPSA) is 84.4 Å². The van der Waals surface area contributed by atoms with Gasteiger partial charge in [0.05, 0.1) is 35.6 Å². The van der Waals surface area contributed by atoms with Crippen LogP contribution < -0.4 is 10.1 Å². The number of para-hydroxylation sites is 1.